The van der Waals surface area contributed by atoms with E-state index in [2.05, 4.69) is 10.6 Å². The molecule has 2 amide bonds. The van der Waals surface area contributed by atoms with Gasteiger partial charge in [0, 0.05) is 13.1 Å². The average Bonchev–Trinajstić information content (AvgIpc) is 3.27. The molecule has 0 radical (unpaired) electrons. The Morgan fingerprint density at radius 1 is 1.17 bits per heavy atom. The van der Waals surface area contributed by atoms with Crippen molar-refractivity contribution in [1.82, 2.24) is 14.9 Å². The molecule has 0 saturated carbocycles. The highest BCUT2D eigenvalue weighted by Crippen LogP contribution is 2.25. The summed E-state index contributed by atoms with van der Waals surface area (Å²) in [4.78, 5) is 24.2. The number of rotatable bonds is 6. The molecule has 1 aromatic carbocycles. The Morgan fingerprint density at radius 2 is 1.93 bits per heavy atom. The van der Waals surface area contributed by atoms with Crippen LogP contribution in [0.2, 0.25) is 0 Å². The second-order valence-electron chi connectivity index (χ2n) is 6.55. The van der Waals surface area contributed by atoms with Crippen molar-refractivity contribution < 1.29 is 22.7 Å². The van der Waals surface area contributed by atoms with E-state index in [1.54, 1.807) is 11.4 Å². The van der Waals surface area contributed by atoms with Crippen LogP contribution in [-0.4, -0.2) is 50.5 Å². The van der Waals surface area contributed by atoms with Crippen molar-refractivity contribution in [2.75, 3.05) is 19.7 Å². The van der Waals surface area contributed by atoms with Gasteiger partial charge in [-0.2, -0.15) is 4.31 Å². The lowest BCUT2D eigenvalue weighted by Gasteiger charge is -2.34. The minimum absolute atomic E-state index is 0.110. The molecule has 156 valence electrons. The Bertz CT molecular complexity index is 960. The van der Waals surface area contributed by atoms with Crippen LogP contribution >= 0.6 is 11.3 Å². The quantitative estimate of drug-likeness (QED) is 0.662. The van der Waals surface area contributed by atoms with Crippen LogP contribution in [0.5, 0.6) is 0 Å². The molecule has 0 bridgehead atoms. The van der Waals surface area contributed by atoms with Gasteiger partial charge in [-0.3, -0.25) is 9.59 Å². The molecule has 2 heterocycles. The number of nitrogens with one attached hydrogen (secondary N) is 2. The van der Waals surface area contributed by atoms with Gasteiger partial charge in [0.15, 0.2) is 0 Å². The predicted molar refractivity (Wildman–Crippen MR) is 109 cm³/mol. The number of sulfonamides is 1. The van der Waals surface area contributed by atoms with E-state index in [9.17, 15) is 18.0 Å². The lowest BCUT2D eigenvalue weighted by atomic mass is 10.1. The van der Waals surface area contributed by atoms with Crippen LogP contribution in [0.3, 0.4) is 0 Å². The number of thiophene rings is 1. The van der Waals surface area contributed by atoms with Gasteiger partial charge >= 0.3 is 11.8 Å². The van der Waals surface area contributed by atoms with Gasteiger partial charge in [0.05, 0.1) is 13.2 Å². The topological polar surface area (TPSA) is 105 Å². The minimum atomic E-state index is -3.71. The fraction of sp³-hybridized carbons (Fsp3) is 0.368. The van der Waals surface area contributed by atoms with Gasteiger partial charge in [0.25, 0.3) is 10.0 Å². The van der Waals surface area contributed by atoms with Gasteiger partial charge in [-0.1, -0.05) is 30.3 Å². The maximum absolute atomic E-state index is 12.8. The highest BCUT2D eigenvalue weighted by atomic mass is 32.2. The molecule has 0 spiro atoms. The van der Waals surface area contributed by atoms with E-state index in [0.29, 0.717) is 19.6 Å². The van der Waals surface area contributed by atoms with Crippen molar-refractivity contribution in [3.8, 4) is 0 Å². The summed E-state index contributed by atoms with van der Waals surface area (Å²) in [6, 6.07) is 10.7. The number of carbonyl (C=O) groups excluding carboxylic acids is 2. The molecule has 1 saturated heterocycles. The van der Waals surface area contributed by atoms with Crippen LogP contribution in [0, 0.1) is 6.92 Å². The van der Waals surface area contributed by atoms with Crippen LogP contribution in [0.15, 0.2) is 46.0 Å². The molecular weight excluding hydrogens is 414 g/mol. The molecule has 0 unspecified atom stereocenters. The largest absolute Gasteiger partial charge is 0.360 e. The van der Waals surface area contributed by atoms with E-state index < -0.39 is 28.1 Å². The summed E-state index contributed by atoms with van der Waals surface area (Å²) in [7, 11) is -3.71. The predicted octanol–water partition coefficient (Wildman–Crippen LogP) is 1.23. The van der Waals surface area contributed by atoms with Crippen LogP contribution in [0.25, 0.3) is 0 Å². The van der Waals surface area contributed by atoms with Crippen molar-refractivity contribution in [2.24, 2.45) is 0 Å². The van der Waals surface area contributed by atoms with Gasteiger partial charge < -0.3 is 15.4 Å². The summed E-state index contributed by atoms with van der Waals surface area (Å²) in [6.07, 6.45) is -0.296. The first-order chi connectivity index (χ1) is 13.9. The SMILES string of the molecule is Cc1ccccc1CNC(=O)C(=O)NC[C@@H]1OCCCN1S(=O)(=O)c1cccs1. The van der Waals surface area contributed by atoms with Crippen LogP contribution in [-0.2, 0) is 30.9 Å². The Balaban J connectivity index is 1.56. The van der Waals surface area contributed by atoms with Crippen molar-refractivity contribution in [3.05, 3.63) is 52.9 Å². The van der Waals surface area contributed by atoms with Crippen LogP contribution < -0.4 is 10.6 Å². The van der Waals surface area contributed by atoms with E-state index in [1.165, 1.54) is 10.4 Å². The molecule has 2 N–H and O–H groups in total. The van der Waals surface area contributed by atoms with E-state index in [0.717, 1.165) is 22.5 Å². The monoisotopic (exact) mass is 437 g/mol. The van der Waals surface area contributed by atoms with E-state index >= 15 is 0 Å². The molecule has 1 aliphatic heterocycles. The summed E-state index contributed by atoms with van der Waals surface area (Å²) < 4.78 is 32.6. The van der Waals surface area contributed by atoms with Crippen molar-refractivity contribution in [3.63, 3.8) is 0 Å². The number of hydrogen-bond donors (Lipinski definition) is 2. The summed E-state index contributed by atoms with van der Waals surface area (Å²) in [5.74, 6) is -1.61. The molecule has 3 rings (SSSR count). The van der Waals surface area contributed by atoms with E-state index in [4.69, 9.17) is 4.74 Å². The normalized spacial score (nSPS) is 17.6. The zero-order valence-electron chi connectivity index (χ0n) is 16.0. The molecular formula is C19H23N3O5S2. The molecule has 1 atom stereocenters. The third kappa shape index (κ3) is 5.21. The van der Waals surface area contributed by atoms with Crippen molar-refractivity contribution in [2.45, 2.75) is 30.3 Å². The summed E-state index contributed by atoms with van der Waals surface area (Å²) >= 11 is 1.12. The molecule has 8 nitrogen and oxygen atoms in total. The number of aryl methyl sites for hydroxylation is 1. The summed E-state index contributed by atoms with van der Waals surface area (Å²) in [5.41, 5.74) is 1.93. The molecule has 10 heteroatoms. The van der Waals surface area contributed by atoms with Crippen LogP contribution in [0.4, 0.5) is 0 Å². The minimum Gasteiger partial charge on any atom is -0.360 e. The number of carbonyl (C=O) groups is 2. The number of nitrogens with zero attached hydrogens (tertiary/aromatic N) is 1. The standard InChI is InChI=1S/C19H23N3O5S2/c1-14-6-2-3-7-15(14)12-20-18(23)19(24)21-13-16-22(9-5-10-27-16)29(25,26)17-8-4-11-28-17/h2-4,6-8,11,16H,5,9-10,12-13H2,1H3,(H,20,23)(H,21,24)/t16-/m0/s1. The first kappa shape index (κ1) is 21.4. The van der Waals surface area contributed by atoms with Gasteiger partial charge in [0.1, 0.15) is 10.4 Å². The van der Waals surface area contributed by atoms with Gasteiger partial charge in [-0.15, -0.1) is 11.3 Å². The molecule has 1 aliphatic rings. The second-order valence-corrected chi connectivity index (χ2v) is 9.61. The Morgan fingerprint density at radius 3 is 2.66 bits per heavy atom. The lowest BCUT2D eigenvalue weighted by molar-refractivity contribution is -0.140. The molecule has 29 heavy (non-hydrogen) atoms. The summed E-state index contributed by atoms with van der Waals surface area (Å²) in [6.45, 7) is 2.72. The third-order valence-corrected chi connectivity index (χ3v) is 7.82. The zero-order valence-corrected chi connectivity index (χ0v) is 17.6. The maximum atomic E-state index is 12.8. The Labute approximate surface area is 173 Å². The number of benzene rings is 1. The van der Waals surface area contributed by atoms with Crippen molar-refractivity contribution in [1.29, 1.82) is 0 Å². The average molecular weight is 438 g/mol. The lowest BCUT2D eigenvalue weighted by Crippen LogP contribution is -2.52. The fourth-order valence-electron chi connectivity index (χ4n) is 2.95. The number of ether oxygens (including phenoxy) is 1. The first-order valence-electron chi connectivity index (χ1n) is 9.17. The zero-order chi connectivity index (χ0) is 20.9. The molecule has 0 aliphatic carbocycles. The maximum Gasteiger partial charge on any atom is 0.309 e. The second kappa shape index (κ2) is 9.49. The first-order valence-corrected chi connectivity index (χ1v) is 11.5. The van der Waals surface area contributed by atoms with E-state index in [-0.39, 0.29) is 17.3 Å². The Kier molecular flexibility index (Phi) is 7.01. The molecule has 1 aromatic heterocycles. The van der Waals surface area contributed by atoms with Crippen molar-refractivity contribution >= 4 is 33.2 Å². The smallest absolute Gasteiger partial charge is 0.309 e. The molecule has 2 aromatic rings. The van der Waals surface area contributed by atoms with Gasteiger partial charge in [-0.05, 0) is 35.9 Å². The van der Waals surface area contributed by atoms with Gasteiger partial charge in [0.2, 0.25) is 0 Å². The molecule has 1 fully saturated rings. The van der Waals surface area contributed by atoms with Crippen LogP contribution in [0.1, 0.15) is 17.5 Å². The highest BCUT2D eigenvalue weighted by Gasteiger charge is 2.35. The number of hydrogen-bond acceptors (Lipinski definition) is 6. The fourth-order valence-corrected chi connectivity index (χ4v) is 5.64. The highest BCUT2D eigenvalue weighted by molar-refractivity contribution is 7.91. The van der Waals surface area contributed by atoms with E-state index in [1.807, 2.05) is 31.2 Å². The Hall–Kier alpha value is -2.27. The third-order valence-electron chi connectivity index (χ3n) is 4.56. The summed E-state index contributed by atoms with van der Waals surface area (Å²) in [5, 5.41) is 6.73. The number of amides is 2. The van der Waals surface area contributed by atoms with Gasteiger partial charge in [-0.25, -0.2) is 8.42 Å².